The van der Waals surface area contributed by atoms with Gasteiger partial charge >= 0.3 is 0 Å². The molecule has 4 rings (SSSR count). The minimum absolute atomic E-state index is 0.144. The second-order valence-electron chi connectivity index (χ2n) is 6.62. The molecule has 8 nitrogen and oxygen atoms in total. The van der Waals surface area contributed by atoms with Gasteiger partial charge in [0.1, 0.15) is 10.5 Å². The lowest BCUT2D eigenvalue weighted by molar-refractivity contribution is 0.0955. The van der Waals surface area contributed by atoms with E-state index in [-0.39, 0.29) is 27.9 Å². The van der Waals surface area contributed by atoms with Gasteiger partial charge in [0, 0.05) is 11.6 Å². The summed E-state index contributed by atoms with van der Waals surface area (Å²) in [6, 6.07) is 12.1. The lowest BCUT2D eigenvalue weighted by Gasteiger charge is -2.10. The highest BCUT2D eigenvalue weighted by atomic mass is 35.5. The fourth-order valence-corrected chi connectivity index (χ4v) is 4.55. The van der Waals surface area contributed by atoms with E-state index in [4.69, 9.17) is 33.3 Å². The number of amides is 1. The first-order valence-corrected chi connectivity index (χ1v) is 10.9. The minimum atomic E-state index is -0.387. The second kappa shape index (κ2) is 9.11. The van der Waals surface area contributed by atoms with E-state index >= 15 is 0 Å². The molecule has 0 bridgehead atoms. The van der Waals surface area contributed by atoms with Crippen LogP contribution in [0.5, 0.6) is 11.6 Å². The number of methoxy groups -OCH3 is 2. The predicted molar refractivity (Wildman–Crippen MR) is 126 cm³/mol. The van der Waals surface area contributed by atoms with Crippen molar-refractivity contribution in [1.29, 1.82) is 0 Å². The number of benzene rings is 1. The number of aromatic nitrogens is 3. The van der Waals surface area contributed by atoms with Crippen LogP contribution in [-0.4, -0.2) is 34.7 Å². The van der Waals surface area contributed by atoms with Gasteiger partial charge in [0.15, 0.2) is 10.5 Å². The lowest BCUT2D eigenvalue weighted by Crippen LogP contribution is -2.21. The molecular weight excluding hydrogens is 472 g/mol. The molecule has 11 heteroatoms. The van der Waals surface area contributed by atoms with Gasteiger partial charge in [0.05, 0.1) is 24.6 Å². The standard InChI is InChI=1S/C21H17ClN4O4S2/c1-29-14-6-7-16(25-19(14)30-2)26-20(28)17-13(24-21(26)31)9-15(32-17)18(27)23-10-11-4-3-5-12(22)8-11/h3-9H,10H2,1-2H3,(H,23,27)(H,24,31). The lowest BCUT2D eigenvalue weighted by atomic mass is 10.2. The van der Waals surface area contributed by atoms with E-state index in [1.54, 1.807) is 30.3 Å². The molecule has 0 saturated carbocycles. The van der Waals surface area contributed by atoms with Gasteiger partial charge in [-0.25, -0.2) is 4.57 Å². The van der Waals surface area contributed by atoms with E-state index in [9.17, 15) is 9.59 Å². The first-order valence-electron chi connectivity index (χ1n) is 9.32. The van der Waals surface area contributed by atoms with Crippen molar-refractivity contribution in [2.75, 3.05) is 14.2 Å². The van der Waals surface area contributed by atoms with Gasteiger partial charge < -0.3 is 19.8 Å². The topological polar surface area (TPSA) is 98.2 Å². The zero-order chi connectivity index (χ0) is 22.8. The van der Waals surface area contributed by atoms with Gasteiger partial charge in [0.25, 0.3) is 17.3 Å². The van der Waals surface area contributed by atoms with Crippen molar-refractivity contribution >= 4 is 51.3 Å². The van der Waals surface area contributed by atoms with E-state index in [1.165, 1.54) is 18.8 Å². The summed E-state index contributed by atoms with van der Waals surface area (Å²) in [6.45, 7) is 0.309. The molecule has 4 aromatic rings. The fraction of sp³-hybridized carbons (Fsp3) is 0.143. The Morgan fingerprint density at radius 2 is 2.06 bits per heavy atom. The summed E-state index contributed by atoms with van der Waals surface area (Å²) in [7, 11) is 2.95. The highest BCUT2D eigenvalue weighted by Gasteiger charge is 2.17. The van der Waals surface area contributed by atoms with Crippen molar-refractivity contribution in [3.05, 3.63) is 73.1 Å². The van der Waals surface area contributed by atoms with E-state index < -0.39 is 0 Å². The number of nitrogens with one attached hydrogen (secondary N) is 2. The minimum Gasteiger partial charge on any atom is -0.491 e. The summed E-state index contributed by atoms with van der Waals surface area (Å²) in [4.78, 5) is 33.5. The Morgan fingerprint density at radius 1 is 1.25 bits per heavy atom. The van der Waals surface area contributed by atoms with Gasteiger partial charge in [-0.05, 0) is 48.1 Å². The molecule has 0 atom stereocenters. The highest BCUT2D eigenvalue weighted by molar-refractivity contribution is 7.71. The quantitative estimate of drug-likeness (QED) is 0.396. The number of fused-ring (bicyclic) bond motifs is 1. The van der Waals surface area contributed by atoms with Gasteiger partial charge in [-0.2, -0.15) is 4.98 Å². The number of hydrogen-bond acceptors (Lipinski definition) is 7. The predicted octanol–water partition coefficient (Wildman–Crippen LogP) is 4.11. The molecular formula is C21H17ClN4O4S2. The van der Waals surface area contributed by atoms with Gasteiger partial charge in [0.2, 0.25) is 0 Å². The number of hydrogen-bond donors (Lipinski definition) is 2. The Kier molecular flexibility index (Phi) is 6.26. The zero-order valence-corrected chi connectivity index (χ0v) is 19.4. The van der Waals surface area contributed by atoms with Crippen LogP contribution in [0.3, 0.4) is 0 Å². The Hall–Kier alpha value is -3.21. The molecule has 0 radical (unpaired) electrons. The van der Waals surface area contributed by atoms with E-state index in [0.717, 1.165) is 16.9 Å². The molecule has 2 N–H and O–H groups in total. The Bertz CT molecular complexity index is 1440. The molecule has 0 saturated heterocycles. The number of pyridine rings is 1. The summed E-state index contributed by atoms with van der Waals surface area (Å²) >= 11 is 12.4. The summed E-state index contributed by atoms with van der Waals surface area (Å²) in [6.07, 6.45) is 0. The van der Waals surface area contributed by atoms with Crippen LogP contribution in [0, 0.1) is 4.77 Å². The van der Waals surface area contributed by atoms with Gasteiger partial charge in [-0.1, -0.05) is 23.7 Å². The van der Waals surface area contributed by atoms with Crippen LogP contribution in [0.1, 0.15) is 15.2 Å². The number of halogens is 1. The maximum absolute atomic E-state index is 13.2. The molecule has 3 aromatic heterocycles. The number of nitrogens with zero attached hydrogens (tertiary/aromatic N) is 2. The number of carbonyl (C=O) groups excluding carboxylic acids is 1. The second-order valence-corrected chi connectivity index (χ2v) is 8.49. The zero-order valence-electron chi connectivity index (χ0n) is 17.0. The average Bonchev–Trinajstić information content (AvgIpc) is 3.21. The number of thiophene rings is 1. The molecule has 0 aliphatic carbocycles. The number of aromatic amines is 1. The van der Waals surface area contributed by atoms with Crippen molar-refractivity contribution < 1.29 is 14.3 Å². The molecule has 0 aliphatic heterocycles. The summed E-state index contributed by atoms with van der Waals surface area (Å²) in [5.41, 5.74) is 0.963. The molecule has 1 aromatic carbocycles. The monoisotopic (exact) mass is 488 g/mol. The first-order chi connectivity index (χ1) is 15.4. The maximum Gasteiger partial charge on any atom is 0.278 e. The number of H-pyrrole nitrogens is 1. The molecule has 164 valence electrons. The molecule has 0 aliphatic rings. The van der Waals surface area contributed by atoms with Crippen LogP contribution < -0.4 is 20.3 Å². The van der Waals surface area contributed by atoms with Crippen LogP contribution in [0.4, 0.5) is 0 Å². The third-order valence-corrected chi connectivity index (χ3v) is 6.23. The normalized spacial score (nSPS) is 10.8. The number of rotatable bonds is 6. The summed E-state index contributed by atoms with van der Waals surface area (Å²) in [5.74, 6) is 0.616. The van der Waals surface area contributed by atoms with Crippen molar-refractivity contribution in [3.63, 3.8) is 0 Å². The molecule has 32 heavy (non-hydrogen) atoms. The van der Waals surface area contributed by atoms with Crippen molar-refractivity contribution in [2.24, 2.45) is 0 Å². The molecule has 0 fully saturated rings. The Labute approximate surface area is 196 Å². The molecule has 1 amide bonds. The van der Waals surface area contributed by atoms with E-state index in [1.807, 2.05) is 12.1 Å². The molecule has 0 unspecified atom stereocenters. The number of carbonyl (C=O) groups is 1. The first kappa shape index (κ1) is 22.0. The van der Waals surface area contributed by atoms with Crippen molar-refractivity contribution in [3.8, 4) is 17.4 Å². The number of ether oxygens (including phenoxy) is 2. The Balaban J connectivity index is 1.68. The van der Waals surface area contributed by atoms with Crippen LogP contribution in [0.25, 0.3) is 16.0 Å². The van der Waals surface area contributed by atoms with Gasteiger partial charge in [-0.15, -0.1) is 11.3 Å². The molecule has 0 spiro atoms. The van der Waals surface area contributed by atoms with Gasteiger partial charge in [-0.3, -0.25) is 9.59 Å². The largest absolute Gasteiger partial charge is 0.491 e. The Morgan fingerprint density at radius 3 is 2.78 bits per heavy atom. The van der Waals surface area contributed by atoms with Crippen LogP contribution in [0.2, 0.25) is 5.02 Å². The van der Waals surface area contributed by atoms with Crippen molar-refractivity contribution in [1.82, 2.24) is 19.9 Å². The average molecular weight is 489 g/mol. The maximum atomic E-state index is 13.2. The fourth-order valence-electron chi connectivity index (χ4n) is 3.09. The third kappa shape index (κ3) is 4.24. The summed E-state index contributed by atoms with van der Waals surface area (Å²) < 4.78 is 12.2. The van der Waals surface area contributed by atoms with E-state index in [0.29, 0.717) is 32.4 Å². The van der Waals surface area contributed by atoms with Crippen LogP contribution >= 0.6 is 35.2 Å². The highest BCUT2D eigenvalue weighted by Crippen LogP contribution is 2.26. The smallest absolute Gasteiger partial charge is 0.278 e. The third-order valence-electron chi connectivity index (χ3n) is 4.59. The molecule has 3 heterocycles. The van der Waals surface area contributed by atoms with Crippen LogP contribution in [0.15, 0.2) is 47.3 Å². The van der Waals surface area contributed by atoms with Crippen molar-refractivity contribution in [2.45, 2.75) is 6.54 Å². The van der Waals surface area contributed by atoms with E-state index in [2.05, 4.69) is 15.3 Å². The van der Waals surface area contributed by atoms with Crippen LogP contribution in [-0.2, 0) is 6.54 Å². The SMILES string of the molecule is COc1ccc(-n2c(=S)[nH]c3cc(C(=O)NCc4cccc(Cl)c4)sc3c2=O)nc1OC. The summed E-state index contributed by atoms with van der Waals surface area (Å²) in [5, 5.41) is 3.43.